The Balaban J connectivity index is 2.06. The summed E-state index contributed by atoms with van der Waals surface area (Å²) < 4.78 is 28.2. The maximum atomic E-state index is 13.2. The molecule has 116 valence electrons. The van der Waals surface area contributed by atoms with Gasteiger partial charge < -0.3 is 5.32 Å². The predicted octanol–water partition coefficient (Wildman–Crippen LogP) is 2.28. The molecule has 0 aliphatic carbocycles. The van der Waals surface area contributed by atoms with E-state index in [-0.39, 0.29) is 12.1 Å². The van der Waals surface area contributed by atoms with Crippen molar-refractivity contribution in [3.05, 3.63) is 29.3 Å². The lowest BCUT2D eigenvalue weighted by atomic mass is 10.0. The average molecular weight is 308 g/mol. The molecule has 2 atom stereocenters. The molecular weight excluding hydrogens is 284 g/mol. The van der Waals surface area contributed by atoms with Crippen LogP contribution in [0.4, 0.5) is 0 Å². The fraction of sp³-hybridized carbons (Fsp3) is 0.625. The summed E-state index contributed by atoms with van der Waals surface area (Å²) in [4.78, 5) is 0.536. The second-order valence-corrected chi connectivity index (χ2v) is 7.96. The van der Waals surface area contributed by atoms with E-state index in [1.54, 1.807) is 10.4 Å². The average Bonchev–Trinajstić information content (AvgIpc) is 2.88. The lowest BCUT2D eigenvalue weighted by Crippen LogP contribution is -2.40. The van der Waals surface area contributed by atoms with Crippen molar-refractivity contribution in [3.8, 4) is 0 Å². The van der Waals surface area contributed by atoms with Crippen LogP contribution in [0, 0.1) is 0 Å². The first kappa shape index (κ1) is 15.0. The van der Waals surface area contributed by atoms with Crippen LogP contribution in [0.3, 0.4) is 0 Å². The summed E-state index contributed by atoms with van der Waals surface area (Å²) in [5, 5.41) is 3.31. The number of benzene rings is 1. The van der Waals surface area contributed by atoms with Gasteiger partial charge in [-0.25, -0.2) is 8.42 Å². The molecule has 0 aromatic heterocycles. The molecule has 4 nitrogen and oxygen atoms in total. The summed E-state index contributed by atoms with van der Waals surface area (Å²) in [5.41, 5.74) is 2.15. The van der Waals surface area contributed by atoms with Gasteiger partial charge in [0.1, 0.15) is 0 Å². The molecule has 2 unspecified atom stereocenters. The largest absolute Gasteiger partial charge is 0.312 e. The minimum Gasteiger partial charge on any atom is -0.312 e. The summed E-state index contributed by atoms with van der Waals surface area (Å²) >= 11 is 0. The third kappa shape index (κ3) is 2.51. The highest BCUT2D eigenvalue weighted by molar-refractivity contribution is 7.89. The van der Waals surface area contributed by atoms with Gasteiger partial charge in [0, 0.05) is 18.6 Å². The quantitative estimate of drug-likeness (QED) is 0.932. The van der Waals surface area contributed by atoms with Gasteiger partial charge in [0.05, 0.1) is 4.90 Å². The van der Waals surface area contributed by atoms with Crippen molar-refractivity contribution in [2.75, 3.05) is 6.54 Å². The molecule has 2 heterocycles. The van der Waals surface area contributed by atoms with Gasteiger partial charge in [0.15, 0.2) is 0 Å². The SMILES string of the molecule is CCC1CCC(C)N1S(=O)(=O)c1cccc2c1CCNC2. The zero-order chi connectivity index (χ0) is 15.0. The van der Waals surface area contributed by atoms with Crippen molar-refractivity contribution in [3.63, 3.8) is 0 Å². The highest BCUT2D eigenvalue weighted by Gasteiger charge is 2.40. The first-order valence-corrected chi connectivity index (χ1v) is 9.34. The fourth-order valence-electron chi connectivity index (χ4n) is 3.72. The molecule has 1 aromatic rings. The Bertz CT molecular complexity index is 627. The van der Waals surface area contributed by atoms with Crippen LogP contribution in [-0.2, 0) is 23.0 Å². The van der Waals surface area contributed by atoms with E-state index in [0.717, 1.165) is 49.9 Å². The zero-order valence-electron chi connectivity index (χ0n) is 12.8. The van der Waals surface area contributed by atoms with Crippen molar-refractivity contribution in [1.82, 2.24) is 9.62 Å². The molecule has 1 fully saturated rings. The molecule has 2 aliphatic rings. The standard InChI is InChI=1S/C16H24N2O2S/c1-3-14-8-7-12(2)18(14)21(19,20)16-6-4-5-13-11-17-10-9-15(13)16/h4-6,12,14,17H,3,7-11H2,1-2H3. The van der Waals surface area contributed by atoms with Crippen molar-refractivity contribution in [2.24, 2.45) is 0 Å². The van der Waals surface area contributed by atoms with E-state index in [2.05, 4.69) is 12.2 Å². The molecule has 0 spiro atoms. The van der Waals surface area contributed by atoms with Crippen molar-refractivity contribution in [1.29, 1.82) is 0 Å². The summed E-state index contributed by atoms with van der Waals surface area (Å²) in [6.45, 7) is 5.73. The Hall–Kier alpha value is -0.910. The smallest absolute Gasteiger partial charge is 0.243 e. The van der Waals surface area contributed by atoms with Crippen LogP contribution in [0.15, 0.2) is 23.1 Å². The van der Waals surface area contributed by atoms with Crippen LogP contribution in [0.25, 0.3) is 0 Å². The Kier molecular flexibility index (Phi) is 4.08. The van der Waals surface area contributed by atoms with E-state index in [9.17, 15) is 8.42 Å². The topological polar surface area (TPSA) is 49.4 Å². The number of hydrogen-bond donors (Lipinski definition) is 1. The lowest BCUT2D eigenvalue weighted by Gasteiger charge is -2.29. The van der Waals surface area contributed by atoms with Gasteiger partial charge in [0.2, 0.25) is 10.0 Å². The van der Waals surface area contributed by atoms with Gasteiger partial charge in [-0.15, -0.1) is 0 Å². The lowest BCUT2D eigenvalue weighted by molar-refractivity contribution is 0.328. The molecule has 0 bridgehead atoms. The van der Waals surface area contributed by atoms with Crippen molar-refractivity contribution < 1.29 is 8.42 Å². The second-order valence-electron chi connectivity index (χ2n) is 6.14. The molecule has 0 radical (unpaired) electrons. The predicted molar refractivity (Wildman–Crippen MR) is 83.7 cm³/mol. The van der Waals surface area contributed by atoms with Crippen LogP contribution in [0.1, 0.15) is 44.2 Å². The summed E-state index contributed by atoms with van der Waals surface area (Å²) in [5.74, 6) is 0. The molecular formula is C16H24N2O2S. The molecule has 0 saturated carbocycles. The fourth-order valence-corrected chi connectivity index (χ4v) is 5.97. The zero-order valence-corrected chi connectivity index (χ0v) is 13.6. The van der Waals surface area contributed by atoms with Gasteiger partial charge in [-0.05, 0) is 56.3 Å². The van der Waals surface area contributed by atoms with Crippen LogP contribution in [0.5, 0.6) is 0 Å². The van der Waals surface area contributed by atoms with E-state index in [0.29, 0.717) is 4.90 Å². The Morgan fingerprint density at radius 3 is 2.90 bits per heavy atom. The monoisotopic (exact) mass is 308 g/mol. The number of nitrogens with zero attached hydrogens (tertiary/aromatic N) is 1. The van der Waals surface area contributed by atoms with Crippen LogP contribution in [-0.4, -0.2) is 31.4 Å². The maximum absolute atomic E-state index is 13.2. The van der Waals surface area contributed by atoms with E-state index >= 15 is 0 Å². The van der Waals surface area contributed by atoms with Gasteiger partial charge >= 0.3 is 0 Å². The van der Waals surface area contributed by atoms with E-state index < -0.39 is 10.0 Å². The van der Waals surface area contributed by atoms with Gasteiger partial charge in [-0.1, -0.05) is 19.1 Å². The summed E-state index contributed by atoms with van der Waals surface area (Å²) in [6, 6.07) is 5.96. The molecule has 1 saturated heterocycles. The first-order valence-electron chi connectivity index (χ1n) is 7.90. The Morgan fingerprint density at radius 1 is 1.33 bits per heavy atom. The molecule has 1 N–H and O–H groups in total. The molecule has 0 amide bonds. The summed E-state index contributed by atoms with van der Waals surface area (Å²) in [7, 11) is -3.39. The molecule has 2 aliphatic heterocycles. The third-order valence-electron chi connectivity index (χ3n) is 4.84. The molecule has 21 heavy (non-hydrogen) atoms. The van der Waals surface area contributed by atoms with Crippen LogP contribution < -0.4 is 5.32 Å². The Morgan fingerprint density at radius 2 is 2.14 bits per heavy atom. The second kappa shape index (κ2) is 5.71. The van der Waals surface area contributed by atoms with Crippen LogP contribution >= 0.6 is 0 Å². The number of fused-ring (bicyclic) bond motifs is 1. The highest BCUT2D eigenvalue weighted by atomic mass is 32.2. The molecule has 3 rings (SSSR count). The van der Waals surface area contributed by atoms with Gasteiger partial charge in [0.25, 0.3) is 0 Å². The number of sulfonamides is 1. The normalized spacial score (nSPS) is 26.8. The number of rotatable bonds is 3. The number of nitrogens with one attached hydrogen (secondary N) is 1. The molecule has 5 heteroatoms. The minimum atomic E-state index is -3.39. The van der Waals surface area contributed by atoms with E-state index in [1.807, 2.05) is 19.1 Å². The maximum Gasteiger partial charge on any atom is 0.243 e. The van der Waals surface area contributed by atoms with Gasteiger partial charge in [-0.2, -0.15) is 4.31 Å². The Labute approximate surface area is 127 Å². The van der Waals surface area contributed by atoms with Gasteiger partial charge in [-0.3, -0.25) is 0 Å². The highest BCUT2D eigenvalue weighted by Crippen LogP contribution is 2.34. The van der Waals surface area contributed by atoms with E-state index in [1.165, 1.54) is 0 Å². The minimum absolute atomic E-state index is 0.109. The van der Waals surface area contributed by atoms with Crippen LogP contribution in [0.2, 0.25) is 0 Å². The van der Waals surface area contributed by atoms with Crippen molar-refractivity contribution >= 4 is 10.0 Å². The molecule has 1 aromatic carbocycles. The number of hydrogen-bond acceptors (Lipinski definition) is 3. The van der Waals surface area contributed by atoms with Crippen molar-refractivity contribution in [2.45, 2.75) is 63.1 Å². The third-order valence-corrected chi connectivity index (χ3v) is 6.99. The van der Waals surface area contributed by atoms with E-state index in [4.69, 9.17) is 0 Å². The first-order chi connectivity index (χ1) is 10.1. The summed E-state index contributed by atoms with van der Waals surface area (Å²) in [6.07, 6.45) is 3.63.